The van der Waals surface area contributed by atoms with Crippen LogP contribution in [-0.4, -0.2) is 117 Å². The Morgan fingerprint density at radius 3 is 2.25 bits per heavy atom. The highest BCUT2D eigenvalue weighted by atomic mass is 16.4. The first-order valence-electron chi connectivity index (χ1n) is 16.3. The van der Waals surface area contributed by atoms with Gasteiger partial charge >= 0.3 is 5.97 Å². The van der Waals surface area contributed by atoms with E-state index in [1.807, 2.05) is 0 Å². The number of nitrogens with one attached hydrogen (secondary N) is 6. The molecule has 7 amide bonds. The van der Waals surface area contributed by atoms with Gasteiger partial charge in [0.15, 0.2) is 0 Å². The van der Waals surface area contributed by atoms with Crippen LogP contribution in [0.2, 0.25) is 0 Å². The van der Waals surface area contributed by atoms with Crippen molar-refractivity contribution in [2.24, 2.45) is 11.5 Å². The summed E-state index contributed by atoms with van der Waals surface area (Å²) in [6.07, 6.45) is 3.10. The number of carboxylic acid groups (broad SMARTS) is 1. The Labute approximate surface area is 293 Å². The van der Waals surface area contributed by atoms with Crippen LogP contribution in [0.3, 0.4) is 0 Å². The van der Waals surface area contributed by atoms with E-state index in [-0.39, 0.29) is 38.1 Å². The Kier molecular flexibility index (Phi) is 15.0. The number of nitrogens with zero attached hydrogens (tertiary/aromatic N) is 2. The molecule has 11 N–H and O–H groups in total. The molecule has 19 nitrogen and oxygen atoms in total. The number of rotatable bonds is 19. The van der Waals surface area contributed by atoms with Crippen LogP contribution >= 0.6 is 0 Å². The van der Waals surface area contributed by atoms with Gasteiger partial charge in [-0.25, -0.2) is 9.78 Å². The molecule has 1 aromatic carbocycles. The number of aromatic amines is 1. The van der Waals surface area contributed by atoms with Gasteiger partial charge in [-0.1, -0.05) is 30.3 Å². The second-order valence-corrected chi connectivity index (χ2v) is 12.0. The van der Waals surface area contributed by atoms with Gasteiger partial charge in [-0.15, -0.1) is 0 Å². The molecule has 2 aromatic rings. The van der Waals surface area contributed by atoms with Crippen LogP contribution in [0.15, 0.2) is 42.9 Å². The summed E-state index contributed by atoms with van der Waals surface area (Å²) in [6, 6.07) is 2.50. The minimum atomic E-state index is -1.39. The van der Waals surface area contributed by atoms with Crippen LogP contribution in [-0.2, 0) is 51.2 Å². The Morgan fingerprint density at radius 1 is 0.941 bits per heavy atom. The van der Waals surface area contributed by atoms with Crippen LogP contribution in [0.4, 0.5) is 0 Å². The van der Waals surface area contributed by atoms with E-state index < -0.39 is 78.2 Å². The quantitative estimate of drug-likeness (QED) is 0.0691. The predicted molar refractivity (Wildman–Crippen MR) is 179 cm³/mol. The molecule has 2 heterocycles. The summed E-state index contributed by atoms with van der Waals surface area (Å²) in [5.74, 6) is -6.29. The van der Waals surface area contributed by atoms with Crippen molar-refractivity contribution in [3.05, 3.63) is 54.1 Å². The number of amides is 7. The normalized spacial score (nSPS) is 16.1. The van der Waals surface area contributed by atoms with Crippen molar-refractivity contribution in [1.29, 1.82) is 0 Å². The molecule has 0 bridgehead atoms. The fourth-order valence-electron chi connectivity index (χ4n) is 5.36. The van der Waals surface area contributed by atoms with E-state index in [1.54, 1.807) is 30.3 Å². The monoisotopic (exact) mass is 712 g/mol. The molecule has 1 aliphatic heterocycles. The Bertz CT molecular complexity index is 1550. The van der Waals surface area contributed by atoms with Crippen molar-refractivity contribution in [2.45, 2.75) is 75.7 Å². The minimum absolute atomic E-state index is 0.0506. The summed E-state index contributed by atoms with van der Waals surface area (Å²) >= 11 is 0. The number of hydrogen-bond acceptors (Lipinski definition) is 10. The van der Waals surface area contributed by atoms with E-state index in [0.29, 0.717) is 30.6 Å². The number of H-pyrrole nitrogens is 1. The standard InChI is InChI=1S/C32H44N10O9/c1-18(28(46)40-21(9-10-25(34)43)29(47)41-23(32(50)51)12-19-6-3-2-4-7-19)38-30(48)22(13-20-15-35-17-37-20)39-26(44)16-36-31(49)24-8-5-11-42(24)27(45)14-33/h2-4,6-7,15,17-18,21-24H,5,8-14,16,33H2,1H3,(H2,34,43)(H,35,37)(H,36,49)(H,38,48)(H,39,44)(H,40,46)(H,41,47)(H,50,51)/t18-,21-,22-,23-,24-/m0/s1. The first-order chi connectivity index (χ1) is 24.3. The molecule has 276 valence electrons. The number of carbonyl (C=O) groups is 8. The molecule has 1 aliphatic rings. The lowest BCUT2D eigenvalue weighted by Crippen LogP contribution is -2.58. The lowest BCUT2D eigenvalue weighted by atomic mass is 10.0. The third-order valence-corrected chi connectivity index (χ3v) is 8.07. The van der Waals surface area contributed by atoms with Gasteiger partial charge in [-0.2, -0.15) is 0 Å². The molecule has 1 saturated heterocycles. The first-order valence-corrected chi connectivity index (χ1v) is 16.3. The number of aliphatic carboxylic acids is 1. The van der Waals surface area contributed by atoms with Crippen molar-refractivity contribution in [3.8, 4) is 0 Å². The maximum atomic E-state index is 13.4. The minimum Gasteiger partial charge on any atom is -0.480 e. The summed E-state index contributed by atoms with van der Waals surface area (Å²) in [5.41, 5.74) is 11.8. The van der Waals surface area contributed by atoms with Gasteiger partial charge in [0.2, 0.25) is 41.4 Å². The number of nitrogens with two attached hydrogens (primary N) is 2. The Balaban J connectivity index is 1.63. The molecule has 5 atom stereocenters. The molecular weight excluding hydrogens is 668 g/mol. The molecule has 1 aromatic heterocycles. The number of imidazole rings is 1. The second-order valence-electron chi connectivity index (χ2n) is 12.0. The van der Waals surface area contributed by atoms with E-state index in [9.17, 15) is 43.5 Å². The molecule has 0 radical (unpaired) electrons. The van der Waals surface area contributed by atoms with Gasteiger partial charge in [0.1, 0.15) is 30.2 Å². The number of hydrogen-bond donors (Lipinski definition) is 9. The maximum absolute atomic E-state index is 13.4. The van der Waals surface area contributed by atoms with Crippen molar-refractivity contribution >= 4 is 47.3 Å². The SMILES string of the molecule is C[C@H](NC(=O)[C@H](Cc1cnc[nH]1)NC(=O)CNC(=O)[C@@H]1CCCN1C(=O)CN)C(=O)N[C@@H](CCC(N)=O)C(=O)N[C@@H](Cc1ccccc1)C(=O)O. The number of primary amides is 1. The van der Waals surface area contributed by atoms with Gasteiger partial charge in [0.25, 0.3) is 0 Å². The highest BCUT2D eigenvalue weighted by Gasteiger charge is 2.34. The fraction of sp³-hybridized carbons (Fsp3) is 0.469. The van der Waals surface area contributed by atoms with Gasteiger partial charge in [0.05, 0.1) is 19.4 Å². The van der Waals surface area contributed by atoms with Gasteiger partial charge in [-0.3, -0.25) is 33.6 Å². The summed E-state index contributed by atoms with van der Waals surface area (Å²) in [4.78, 5) is 109. The molecular formula is C32H44N10O9. The molecule has 19 heteroatoms. The number of likely N-dealkylation sites (tertiary alicyclic amines) is 1. The lowest BCUT2D eigenvalue weighted by Gasteiger charge is -2.25. The second kappa shape index (κ2) is 19.4. The zero-order chi connectivity index (χ0) is 37.5. The van der Waals surface area contributed by atoms with Crippen LogP contribution in [0.25, 0.3) is 0 Å². The highest BCUT2D eigenvalue weighted by molar-refractivity contribution is 5.96. The molecule has 0 saturated carbocycles. The smallest absolute Gasteiger partial charge is 0.326 e. The van der Waals surface area contributed by atoms with Crippen molar-refractivity contribution < 1.29 is 43.5 Å². The van der Waals surface area contributed by atoms with Crippen LogP contribution < -0.4 is 38.1 Å². The van der Waals surface area contributed by atoms with E-state index >= 15 is 0 Å². The highest BCUT2D eigenvalue weighted by Crippen LogP contribution is 2.17. The van der Waals surface area contributed by atoms with E-state index in [4.69, 9.17) is 11.5 Å². The number of carbonyl (C=O) groups excluding carboxylic acids is 7. The topological polar surface area (TPSA) is 301 Å². The first kappa shape index (κ1) is 39.6. The van der Waals surface area contributed by atoms with Crippen molar-refractivity contribution in [3.63, 3.8) is 0 Å². The molecule has 1 fully saturated rings. The number of carboxylic acids is 1. The average Bonchev–Trinajstić information content (AvgIpc) is 3.81. The Morgan fingerprint density at radius 2 is 1.63 bits per heavy atom. The molecule has 51 heavy (non-hydrogen) atoms. The van der Waals surface area contributed by atoms with Crippen molar-refractivity contribution in [2.75, 3.05) is 19.6 Å². The van der Waals surface area contributed by atoms with E-state index in [1.165, 1.54) is 24.3 Å². The van der Waals surface area contributed by atoms with E-state index in [0.717, 1.165) is 0 Å². The molecule has 0 aliphatic carbocycles. The average molecular weight is 713 g/mol. The van der Waals surface area contributed by atoms with E-state index in [2.05, 4.69) is 36.6 Å². The fourth-order valence-corrected chi connectivity index (χ4v) is 5.36. The number of benzene rings is 1. The third kappa shape index (κ3) is 12.5. The maximum Gasteiger partial charge on any atom is 0.326 e. The third-order valence-electron chi connectivity index (χ3n) is 8.07. The summed E-state index contributed by atoms with van der Waals surface area (Å²) in [7, 11) is 0. The van der Waals surface area contributed by atoms with Crippen LogP contribution in [0.1, 0.15) is 43.9 Å². The summed E-state index contributed by atoms with van der Waals surface area (Å²) < 4.78 is 0. The summed E-state index contributed by atoms with van der Waals surface area (Å²) in [5, 5.41) is 22.0. The molecule has 3 rings (SSSR count). The van der Waals surface area contributed by atoms with Gasteiger partial charge in [0, 0.05) is 37.7 Å². The van der Waals surface area contributed by atoms with Gasteiger partial charge in [-0.05, 0) is 31.7 Å². The lowest BCUT2D eigenvalue weighted by molar-refractivity contribution is -0.142. The zero-order valence-corrected chi connectivity index (χ0v) is 28.1. The Hall–Kier alpha value is -5.85. The summed E-state index contributed by atoms with van der Waals surface area (Å²) in [6.45, 7) is 0.913. The number of aromatic nitrogens is 2. The van der Waals surface area contributed by atoms with Crippen LogP contribution in [0, 0.1) is 0 Å². The molecule has 0 unspecified atom stereocenters. The van der Waals surface area contributed by atoms with Crippen LogP contribution in [0.5, 0.6) is 0 Å². The largest absolute Gasteiger partial charge is 0.480 e. The molecule has 0 spiro atoms. The zero-order valence-electron chi connectivity index (χ0n) is 28.1. The van der Waals surface area contributed by atoms with Gasteiger partial charge < -0.3 is 53.0 Å². The predicted octanol–water partition coefficient (Wildman–Crippen LogP) is -3.43. The van der Waals surface area contributed by atoms with Crippen molar-refractivity contribution in [1.82, 2.24) is 41.5 Å².